The van der Waals surface area contributed by atoms with Crippen LogP contribution in [0.1, 0.15) is 53.2 Å². The molecule has 0 unspecified atom stereocenters. The van der Waals surface area contributed by atoms with Crippen LogP contribution in [0.15, 0.2) is 54.6 Å². The van der Waals surface area contributed by atoms with E-state index in [0.29, 0.717) is 12.0 Å². The molecular formula is C21H25NO4. The highest BCUT2D eigenvalue weighted by atomic mass is 16.5. The number of ether oxygens (including phenoxy) is 1. The minimum absolute atomic E-state index is 0.0387. The van der Waals surface area contributed by atoms with Gasteiger partial charge < -0.3 is 15.2 Å². The van der Waals surface area contributed by atoms with Crippen molar-refractivity contribution < 1.29 is 19.4 Å². The molecule has 1 amide bonds. The van der Waals surface area contributed by atoms with Crippen LogP contribution in [0.25, 0.3) is 0 Å². The van der Waals surface area contributed by atoms with Gasteiger partial charge in [-0.15, -0.1) is 0 Å². The highest BCUT2D eigenvalue weighted by Gasteiger charge is 2.18. The maximum Gasteiger partial charge on any atom is 0.337 e. The summed E-state index contributed by atoms with van der Waals surface area (Å²) in [6.45, 7) is 1.87. The number of hydrogen-bond acceptors (Lipinski definition) is 4. The van der Waals surface area contributed by atoms with E-state index in [1.165, 1.54) is 7.11 Å². The van der Waals surface area contributed by atoms with Crippen LogP contribution < -0.4 is 5.32 Å². The Kier molecular flexibility index (Phi) is 7.36. The molecular weight excluding hydrogens is 330 g/mol. The fourth-order valence-electron chi connectivity index (χ4n) is 2.90. The molecule has 2 aromatic rings. The smallest absolute Gasteiger partial charge is 0.337 e. The van der Waals surface area contributed by atoms with Crippen LogP contribution in [0.2, 0.25) is 0 Å². The molecule has 5 nitrogen and oxygen atoms in total. The molecule has 0 saturated heterocycles. The van der Waals surface area contributed by atoms with E-state index in [0.717, 1.165) is 17.5 Å². The van der Waals surface area contributed by atoms with Gasteiger partial charge in [0, 0.05) is 6.42 Å². The van der Waals surface area contributed by atoms with Crippen LogP contribution >= 0.6 is 0 Å². The van der Waals surface area contributed by atoms with Gasteiger partial charge in [0.15, 0.2) is 0 Å². The molecule has 0 fully saturated rings. The molecule has 0 heterocycles. The number of nitrogens with one attached hydrogen (secondary N) is 1. The third-order valence-electron chi connectivity index (χ3n) is 4.45. The maximum absolute atomic E-state index is 12.5. The Hall–Kier alpha value is -2.66. The number of carbonyl (C=O) groups is 2. The van der Waals surface area contributed by atoms with Crippen LogP contribution in [0.5, 0.6) is 0 Å². The van der Waals surface area contributed by atoms with Gasteiger partial charge in [0.05, 0.1) is 25.3 Å². The van der Waals surface area contributed by atoms with Crippen molar-refractivity contribution in [3.63, 3.8) is 0 Å². The van der Waals surface area contributed by atoms with E-state index >= 15 is 0 Å². The highest BCUT2D eigenvalue weighted by Crippen LogP contribution is 2.24. The predicted octanol–water partition coefficient (Wildman–Crippen LogP) is 3.21. The molecule has 0 aliphatic rings. The highest BCUT2D eigenvalue weighted by molar-refractivity contribution is 5.89. The lowest BCUT2D eigenvalue weighted by Crippen LogP contribution is -2.31. The van der Waals surface area contributed by atoms with Crippen molar-refractivity contribution in [3.8, 4) is 0 Å². The zero-order valence-corrected chi connectivity index (χ0v) is 15.1. The Morgan fingerprint density at radius 1 is 1.04 bits per heavy atom. The summed E-state index contributed by atoms with van der Waals surface area (Å²) in [5, 5.41) is 12.5. The van der Waals surface area contributed by atoms with E-state index in [9.17, 15) is 14.7 Å². The van der Waals surface area contributed by atoms with E-state index in [2.05, 4.69) is 5.32 Å². The zero-order chi connectivity index (χ0) is 18.9. The van der Waals surface area contributed by atoms with Crippen molar-refractivity contribution in [2.24, 2.45) is 0 Å². The van der Waals surface area contributed by atoms with E-state index < -0.39 is 6.04 Å². The lowest BCUT2D eigenvalue weighted by atomic mass is 9.92. The van der Waals surface area contributed by atoms with Gasteiger partial charge >= 0.3 is 5.97 Å². The Balaban J connectivity index is 2.02. The summed E-state index contributed by atoms with van der Waals surface area (Å²) in [6, 6.07) is 16.1. The molecule has 2 aromatic carbocycles. The first kappa shape index (κ1) is 19.7. The summed E-state index contributed by atoms with van der Waals surface area (Å²) in [5.41, 5.74) is 2.36. The first-order valence-electron chi connectivity index (χ1n) is 8.72. The monoisotopic (exact) mass is 355 g/mol. The zero-order valence-electron chi connectivity index (χ0n) is 15.1. The molecule has 138 valence electrons. The van der Waals surface area contributed by atoms with Crippen molar-refractivity contribution in [1.29, 1.82) is 0 Å². The molecule has 2 N–H and O–H groups in total. The quantitative estimate of drug-likeness (QED) is 0.713. The van der Waals surface area contributed by atoms with Gasteiger partial charge in [0.2, 0.25) is 5.91 Å². The van der Waals surface area contributed by atoms with Crippen LogP contribution in [-0.4, -0.2) is 30.7 Å². The van der Waals surface area contributed by atoms with Crippen LogP contribution in [-0.2, 0) is 9.53 Å². The first-order chi connectivity index (χ1) is 12.6. The van der Waals surface area contributed by atoms with Gasteiger partial charge in [-0.3, -0.25) is 4.79 Å². The summed E-state index contributed by atoms with van der Waals surface area (Å²) in [4.78, 5) is 24.0. The second kappa shape index (κ2) is 9.73. The molecule has 2 atom stereocenters. The molecule has 5 heteroatoms. The van der Waals surface area contributed by atoms with Gasteiger partial charge in [-0.25, -0.2) is 4.79 Å². The predicted molar refractivity (Wildman–Crippen MR) is 99.8 cm³/mol. The topological polar surface area (TPSA) is 75.6 Å². The number of amides is 1. The standard InChI is InChI=1S/C21H25NO4/c1-3-15(16-9-11-18(12-10-16)21(25)26-2)13-20(24)22-19(14-23)17-7-5-4-6-8-17/h4-12,15,19,23H,3,13-14H2,1-2H3,(H,22,24)/t15-,19-/m1/s1. The molecule has 0 spiro atoms. The number of hydrogen-bond donors (Lipinski definition) is 2. The van der Waals surface area contributed by atoms with Crippen LogP contribution in [0, 0.1) is 0 Å². The summed E-state index contributed by atoms with van der Waals surface area (Å²) in [7, 11) is 1.35. The number of esters is 1. The second-order valence-electron chi connectivity index (χ2n) is 6.14. The Morgan fingerprint density at radius 3 is 2.23 bits per heavy atom. The fraction of sp³-hybridized carbons (Fsp3) is 0.333. The summed E-state index contributed by atoms with van der Waals surface area (Å²) in [5.74, 6) is -0.454. The van der Waals surface area contributed by atoms with Gasteiger partial charge in [0.1, 0.15) is 0 Å². The molecule has 0 aliphatic heterocycles. The van der Waals surface area contributed by atoms with E-state index in [-0.39, 0.29) is 24.4 Å². The third kappa shape index (κ3) is 5.17. The Morgan fingerprint density at radius 2 is 1.69 bits per heavy atom. The number of aliphatic hydroxyl groups excluding tert-OH is 1. The van der Waals surface area contributed by atoms with Gasteiger partial charge in [0.25, 0.3) is 0 Å². The molecule has 0 radical (unpaired) electrons. The van der Waals surface area contributed by atoms with Crippen LogP contribution in [0.3, 0.4) is 0 Å². The average molecular weight is 355 g/mol. The minimum Gasteiger partial charge on any atom is -0.465 e. The SMILES string of the molecule is CC[C@H](CC(=O)N[C@H](CO)c1ccccc1)c1ccc(C(=O)OC)cc1. The molecule has 0 saturated carbocycles. The van der Waals surface area contributed by atoms with Crippen molar-refractivity contribution in [1.82, 2.24) is 5.32 Å². The number of methoxy groups -OCH3 is 1. The Bertz CT molecular complexity index is 713. The van der Waals surface area contributed by atoms with E-state index in [4.69, 9.17) is 4.74 Å². The summed E-state index contributed by atoms with van der Waals surface area (Å²) >= 11 is 0. The van der Waals surface area contributed by atoms with Gasteiger partial charge in [-0.05, 0) is 35.6 Å². The number of aliphatic hydroxyl groups is 1. The summed E-state index contributed by atoms with van der Waals surface area (Å²) < 4.78 is 4.70. The Labute approximate surface area is 154 Å². The second-order valence-corrected chi connectivity index (χ2v) is 6.14. The van der Waals surface area contributed by atoms with Gasteiger partial charge in [-0.2, -0.15) is 0 Å². The first-order valence-corrected chi connectivity index (χ1v) is 8.72. The van der Waals surface area contributed by atoms with Crippen molar-refractivity contribution >= 4 is 11.9 Å². The fourth-order valence-corrected chi connectivity index (χ4v) is 2.90. The summed E-state index contributed by atoms with van der Waals surface area (Å²) in [6.07, 6.45) is 1.11. The maximum atomic E-state index is 12.5. The van der Waals surface area contributed by atoms with Crippen molar-refractivity contribution in [3.05, 3.63) is 71.3 Å². The average Bonchev–Trinajstić information content (AvgIpc) is 2.70. The molecule has 0 aliphatic carbocycles. The number of rotatable bonds is 8. The largest absolute Gasteiger partial charge is 0.465 e. The molecule has 2 rings (SSSR count). The van der Waals surface area contributed by atoms with Crippen molar-refractivity contribution in [2.75, 3.05) is 13.7 Å². The third-order valence-corrected chi connectivity index (χ3v) is 4.45. The van der Waals surface area contributed by atoms with Crippen molar-refractivity contribution in [2.45, 2.75) is 31.7 Å². The van der Waals surface area contributed by atoms with Gasteiger partial charge in [-0.1, -0.05) is 49.4 Å². The van der Waals surface area contributed by atoms with E-state index in [1.54, 1.807) is 12.1 Å². The molecule has 0 aromatic heterocycles. The lowest BCUT2D eigenvalue weighted by molar-refractivity contribution is -0.122. The lowest BCUT2D eigenvalue weighted by Gasteiger charge is -2.20. The number of benzene rings is 2. The van der Waals surface area contributed by atoms with E-state index in [1.807, 2.05) is 49.4 Å². The normalized spacial score (nSPS) is 12.9. The molecule has 0 bridgehead atoms. The molecule has 26 heavy (non-hydrogen) atoms. The number of carbonyl (C=O) groups excluding carboxylic acids is 2. The minimum atomic E-state index is -0.414. The van der Waals surface area contributed by atoms with Crippen LogP contribution in [0.4, 0.5) is 0 Å².